The minimum absolute atomic E-state index is 0.0441. The van der Waals surface area contributed by atoms with Gasteiger partial charge in [-0.1, -0.05) is 12.1 Å². The van der Waals surface area contributed by atoms with Crippen molar-refractivity contribution in [3.05, 3.63) is 29.8 Å². The maximum absolute atomic E-state index is 11.4. The zero-order valence-electron chi connectivity index (χ0n) is 9.52. The van der Waals surface area contributed by atoms with Crippen molar-refractivity contribution in [3.8, 4) is 5.75 Å². The molecular weight excluding hydrogens is 218 g/mol. The van der Waals surface area contributed by atoms with Crippen LogP contribution in [0.2, 0.25) is 0 Å². The Labute approximate surface area is 100.0 Å². The quantitative estimate of drug-likeness (QED) is 0.756. The molecule has 4 nitrogen and oxygen atoms in total. The second-order valence-electron chi connectivity index (χ2n) is 4.19. The van der Waals surface area contributed by atoms with Crippen LogP contribution >= 0.6 is 0 Å². The zero-order chi connectivity index (χ0) is 12.1. The van der Waals surface area contributed by atoms with Crippen molar-refractivity contribution in [2.24, 2.45) is 5.92 Å². The SMILES string of the molecule is O=Cc1ccccc1OCC(=O)NCC1CC1. The van der Waals surface area contributed by atoms with Gasteiger partial charge in [0.2, 0.25) is 0 Å². The van der Waals surface area contributed by atoms with Gasteiger partial charge in [-0.2, -0.15) is 0 Å². The number of ether oxygens (including phenoxy) is 1. The van der Waals surface area contributed by atoms with Gasteiger partial charge in [-0.05, 0) is 30.9 Å². The minimum atomic E-state index is -0.141. The molecule has 0 radical (unpaired) electrons. The van der Waals surface area contributed by atoms with E-state index < -0.39 is 0 Å². The Kier molecular flexibility index (Phi) is 3.75. The number of rotatable bonds is 6. The van der Waals surface area contributed by atoms with Gasteiger partial charge in [0.05, 0.1) is 5.56 Å². The standard InChI is InChI=1S/C13H15NO3/c15-8-11-3-1-2-4-12(11)17-9-13(16)14-7-10-5-6-10/h1-4,8,10H,5-7,9H2,(H,14,16). The molecule has 1 aromatic carbocycles. The topological polar surface area (TPSA) is 55.4 Å². The number of amides is 1. The van der Waals surface area contributed by atoms with Crippen LogP contribution in [0, 0.1) is 5.92 Å². The van der Waals surface area contributed by atoms with E-state index in [4.69, 9.17) is 4.74 Å². The number of hydrogen-bond donors (Lipinski definition) is 1. The number of nitrogens with one attached hydrogen (secondary N) is 1. The van der Waals surface area contributed by atoms with Crippen molar-refractivity contribution in [2.75, 3.05) is 13.2 Å². The third-order valence-corrected chi connectivity index (χ3v) is 2.69. The monoisotopic (exact) mass is 233 g/mol. The maximum atomic E-state index is 11.4. The Bertz CT molecular complexity index is 413. The zero-order valence-corrected chi connectivity index (χ0v) is 9.52. The van der Waals surface area contributed by atoms with Gasteiger partial charge in [-0.15, -0.1) is 0 Å². The molecule has 4 heteroatoms. The third kappa shape index (κ3) is 3.59. The normalized spacial score (nSPS) is 14.1. The number of carbonyl (C=O) groups excluding carboxylic acids is 2. The average molecular weight is 233 g/mol. The van der Waals surface area contributed by atoms with Crippen molar-refractivity contribution in [1.29, 1.82) is 0 Å². The minimum Gasteiger partial charge on any atom is -0.483 e. The summed E-state index contributed by atoms with van der Waals surface area (Å²) < 4.78 is 5.30. The number of benzene rings is 1. The lowest BCUT2D eigenvalue weighted by atomic mass is 10.2. The highest BCUT2D eigenvalue weighted by molar-refractivity contribution is 5.80. The van der Waals surface area contributed by atoms with Gasteiger partial charge in [0, 0.05) is 6.54 Å². The molecule has 0 aromatic heterocycles. The van der Waals surface area contributed by atoms with E-state index in [1.54, 1.807) is 24.3 Å². The Morgan fingerprint density at radius 1 is 1.41 bits per heavy atom. The molecule has 1 aliphatic carbocycles. The predicted octanol–water partition coefficient (Wildman–Crippen LogP) is 1.40. The first-order valence-electron chi connectivity index (χ1n) is 5.73. The van der Waals surface area contributed by atoms with Crippen molar-refractivity contribution in [3.63, 3.8) is 0 Å². The second-order valence-corrected chi connectivity index (χ2v) is 4.19. The smallest absolute Gasteiger partial charge is 0.257 e. The highest BCUT2D eigenvalue weighted by Crippen LogP contribution is 2.27. The summed E-state index contributed by atoms with van der Waals surface area (Å²) in [7, 11) is 0. The molecular formula is C13H15NO3. The molecule has 0 atom stereocenters. The van der Waals surface area contributed by atoms with Gasteiger partial charge in [0.1, 0.15) is 5.75 Å². The summed E-state index contributed by atoms with van der Waals surface area (Å²) in [6.07, 6.45) is 3.13. The van der Waals surface area contributed by atoms with Gasteiger partial charge in [0.15, 0.2) is 12.9 Å². The van der Waals surface area contributed by atoms with Crippen molar-refractivity contribution >= 4 is 12.2 Å². The van der Waals surface area contributed by atoms with E-state index in [2.05, 4.69) is 5.32 Å². The molecule has 0 heterocycles. The molecule has 0 aliphatic heterocycles. The van der Waals surface area contributed by atoms with E-state index >= 15 is 0 Å². The van der Waals surface area contributed by atoms with Crippen molar-refractivity contribution < 1.29 is 14.3 Å². The van der Waals surface area contributed by atoms with Crippen LogP contribution in [-0.4, -0.2) is 25.3 Å². The Hall–Kier alpha value is -1.84. The van der Waals surface area contributed by atoms with Crippen LogP contribution in [-0.2, 0) is 4.79 Å². The molecule has 1 saturated carbocycles. The first kappa shape index (κ1) is 11.6. The first-order valence-corrected chi connectivity index (χ1v) is 5.73. The van der Waals surface area contributed by atoms with Crippen LogP contribution in [0.25, 0.3) is 0 Å². The molecule has 1 amide bonds. The maximum Gasteiger partial charge on any atom is 0.257 e. The number of para-hydroxylation sites is 1. The van der Waals surface area contributed by atoms with Crippen LogP contribution in [0.5, 0.6) is 5.75 Å². The van der Waals surface area contributed by atoms with Crippen LogP contribution in [0.15, 0.2) is 24.3 Å². The lowest BCUT2D eigenvalue weighted by molar-refractivity contribution is -0.123. The van der Waals surface area contributed by atoms with E-state index in [1.165, 1.54) is 12.8 Å². The van der Waals surface area contributed by atoms with Gasteiger partial charge in [-0.3, -0.25) is 9.59 Å². The number of aldehydes is 1. The van der Waals surface area contributed by atoms with E-state index in [0.29, 0.717) is 17.2 Å². The van der Waals surface area contributed by atoms with Crippen LogP contribution < -0.4 is 10.1 Å². The molecule has 1 N–H and O–H groups in total. The summed E-state index contributed by atoms with van der Waals surface area (Å²) in [6.45, 7) is 0.690. The molecule has 90 valence electrons. The van der Waals surface area contributed by atoms with Crippen LogP contribution in [0.1, 0.15) is 23.2 Å². The van der Waals surface area contributed by atoms with Crippen molar-refractivity contribution in [1.82, 2.24) is 5.32 Å². The van der Waals surface area contributed by atoms with E-state index in [-0.39, 0.29) is 12.5 Å². The molecule has 1 aromatic rings. The Balaban J connectivity index is 1.79. The second kappa shape index (κ2) is 5.48. The fourth-order valence-corrected chi connectivity index (χ4v) is 1.48. The summed E-state index contributed by atoms with van der Waals surface area (Å²) in [5.74, 6) is 0.961. The Morgan fingerprint density at radius 2 is 2.18 bits per heavy atom. The summed E-state index contributed by atoms with van der Waals surface area (Å²) in [5.41, 5.74) is 0.461. The fraction of sp³-hybridized carbons (Fsp3) is 0.385. The molecule has 0 bridgehead atoms. The van der Waals surface area contributed by atoms with E-state index in [0.717, 1.165) is 12.8 Å². The first-order chi connectivity index (χ1) is 8.29. The third-order valence-electron chi connectivity index (χ3n) is 2.69. The summed E-state index contributed by atoms with van der Waals surface area (Å²) in [4.78, 5) is 22.1. The fourth-order valence-electron chi connectivity index (χ4n) is 1.48. The largest absolute Gasteiger partial charge is 0.483 e. The lowest BCUT2D eigenvalue weighted by Crippen LogP contribution is -2.30. The molecule has 0 saturated heterocycles. The average Bonchev–Trinajstić information content (AvgIpc) is 3.18. The lowest BCUT2D eigenvalue weighted by Gasteiger charge is -2.08. The summed E-state index contributed by atoms with van der Waals surface area (Å²) in [5, 5.41) is 2.80. The van der Waals surface area contributed by atoms with Crippen LogP contribution in [0.3, 0.4) is 0 Å². The van der Waals surface area contributed by atoms with Gasteiger partial charge < -0.3 is 10.1 Å². The van der Waals surface area contributed by atoms with E-state index in [1.807, 2.05) is 0 Å². The van der Waals surface area contributed by atoms with Crippen LogP contribution in [0.4, 0.5) is 0 Å². The summed E-state index contributed by atoms with van der Waals surface area (Å²) >= 11 is 0. The molecule has 2 rings (SSSR count). The highest BCUT2D eigenvalue weighted by atomic mass is 16.5. The van der Waals surface area contributed by atoms with E-state index in [9.17, 15) is 9.59 Å². The van der Waals surface area contributed by atoms with Gasteiger partial charge in [-0.25, -0.2) is 0 Å². The molecule has 1 aliphatic rings. The van der Waals surface area contributed by atoms with Gasteiger partial charge in [0.25, 0.3) is 5.91 Å². The summed E-state index contributed by atoms with van der Waals surface area (Å²) in [6, 6.07) is 6.86. The van der Waals surface area contributed by atoms with Gasteiger partial charge >= 0.3 is 0 Å². The molecule has 1 fully saturated rings. The number of carbonyl (C=O) groups is 2. The highest BCUT2D eigenvalue weighted by Gasteiger charge is 2.21. The molecule has 17 heavy (non-hydrogen) atoms. The Morgan fingerprint density at radius 3 is 2.88 bits per heavy atom. The number of hydrogen-bond acceptors (Lipinski definition) is 3. The predicted molar refractivity (Wildman–Crippen MR) is 63.1 cm³/mol. The molecule has 0 spiro atoms. The molecule has 0 unspecified atom stereocenters. The van der Waals surface area contributed by atoms with Crippen molar-refractivity contribution in [2.45, 2.75) is 12.8 Å².